The highest BCUT2D eigenvalue weighted by molar-refractivity contribution is 9.09. The van der Waals surface area contributed by atoms with Crippen LogP contribution < -0.4 is 4.72 Å². The Labute approximate surface area is 112 Å². The lowest BCUT2D eigenvalue weighted by Crippen LogP contribution is -2.44. The van der Waals surface area contributed by atoms with E-state index in [0.29, 0.717) is 30.9 Å². The van der Waals surface area contributed by atoms with Gasteiger partial charge in [-0.2, -0.15) is 0 Å². The predicted molar refractivity (Wildman–Crippen MR) is 70.9 cm³/mol. The van der Waals surface area contributed by atoms with Crippen LogP contribution in [0.3, 0.4) is 0 Å². The van der Waals surface area contributed by atoms with Crippen molar-refractivity contribution in [3.63, 3.8) is 0 Å². The molecule has 1 heterocycles. The zero-order chi connectivity index (χ0) is 12.3. The van der Waals surface area contributed by atoms with Gasteiger partial charge in [-0.15, -0.1) is 0 Å². The standard InChI is InChI=1S/C11H20BrNO3S/c12-9-1-3-10(4-2-9)13-17(14,15)11-5-7-16-8-6-11/h9-11,13H,1-8H2. The van der Waals surface area contributed by atoms with E-state index < -0.39 is 10.0 Å². The van der Waals surface area contributed by atoms with Gasteiger partial charge < -0.3 is 4.74 Å². The highest BCUT2D eigenvalue weighted by Crippen LogP contribution is 2.25. The molecule has 0 aromatic heterocycles. The first-order valence-corrected chi connectivity index (χ1v) is 8.77. The molecule has 1 saturated carbocycles. The van der Waals surface area contributed by atoms with Crippen molar-refractivity contribution in [1.29, 1.82) is 0 Å². The summed E-state index contributed by atoms with van der Waals surface area (Å²) >= 11 is 3.58. The summed E-state index contributed by atoms with van der Waals surface area (Å²) in [6, 6.07) is 0.136. The first kappa shape index (κ1) is 13.8. The van der Waals surface area contributed by atoms with Gasteiger partial charge in [0.15, 0.2) is 0 Å². The first-order valence-electron chi connectivity index (χ1n) is 6.31. The average Bonchev–Trinajstić information content (AvgIpc) is 2.33. The third kappa shape index (κ3) is 3.91. The Morgan fingerprint density at radius 3 is 2.18 bits per heavy atom. The summed E-state index contributed by atoms with van der Waals surface area (Å²) in [6.45, 7) is 1.14. The van der Waals surface area contributed by atoms with Gasteiger partial charge in [0.1, 0.15) is 0 Å². The number of sulfonamides is 1. The van der Waals surface area contributed by atoms with Crippen molar-refractivity contribution >= 4 is 26.0 Å². The van der Waals surface area contributed by atoms with Gasteiger partial charge in [-0.1, -0.05) is 15.9 Å². The van der Waals surface area contributed by atoms with E-state index in [1.807, 2.05) is 0 Å². The second kappa shape index (κ2) is 5.99. The highest BCUT2D eigenvalue weighted by Gasteiger charge is 2.31. The van der Waals surface area contributed by atoms with E-state index in [4.69, 9.17) is 4.74 Å². The maximum atomic E-state index is 12.2. The molecular formula is C11H20BrNO3S. The van der Waals surface area contributed by atoms with Crippen molar-refractivity contribution < 1.29 is 13.2 Å². The SMILES string of the molecule is O=S(=O)(NC1CCC(Br)CC1)C1CCOCC1. The molecule has 1 aliphatic heterocycles. The average molecular weight is 326 g/mol. The largest absolute Gasteiger partial charge is 0.381 e. The quantitative estimate of drug-likeness (QED) is 0.805. The summed E-state index contributed by atoms with van der Waals surface area (Å²) in [5.74, 6) is 0. The topological polar surface area (TPSA) is 55.4 Å². The lowest BCUT2D eigenvalue weighted by atomic mass is 9.96. The van der Waals surface area contributed by atoms with Crippen molar-refractivity contribution in [2.75, 3.05) is 13.2 Å². The van der Waals surface area contributed by atoms with E-state index in [-0.39, 0.29) is 11.3 Å². The van der Waals surface area contributed by atoms with Gasteiger partial charge in [0.25, 0.3) is 0 Å². The van der Waals surface area contributed by atoms with Gasteiger partial charge in [0.05, 0.1) is 5.25 Å². The molecule has 2 fully saturated rings. The van der Waals surface area contributed by atoms with E-state index >= 15 is 0 Å². The summed E-state index contributed by atoms with van der Waals surface area (Å²) in [4.78, 5) is 0.561. The third-order valence-corrected chi connectivity index (χ3v) is 6.52. The maximum Gasteiger partial charge on any atom is 0.214 e. The minimum absolute atomic E-state index is 0.136. The molecule has 2 aliphatic rings. The van der Waals surface area contributed by atoms with Gasteiger partial charge in [-0.25, -0.2) is 13.1 Å². The van der Waals surface area contributed by atoms with Gasteiger partial charge in [-0.3, -0.25) is 0 Å². The predicted octanol–water partition coefficient (Wildman–Crippen LogP) is 1.79. The summed E-state index contributed by atoms with van der Waals surface area (Å²) in [7, 11) is -3.15. The fourth-order valence-corrected chi connectivity index (χ4v) is 4.72. The summed E-state index contributed by atoms with van der Waals surface area (Å²) in [5.41, 5.74) is 0. The summed E-state index contributed by atoms with van der Waals surface area (Å²) in [6.07, 6.45) is 5.25. The van der Waals surface area contributed by atoms with Gasteiger partial charge in [0.2, 0.25) is 10.0 Å². The molecule has 1 saturated heterocycles. The molecule has 1 aliphatic carbocycles. The van der Waals surface area contributed by atoms with E-state index in [1.54, 1.807) is 0 Å². The molecule has 100 valence electrons. The minimum atomic E-state index is -3.15. The lowest BCUT2D eigenvalue weighted by molar-refractivity contribution is 0.0980. The van der Waals surface area contributed by atoms with Crippen LogP contribution in [0.5, 0.6) is 0 Å². The molecule has 6 heteroatoms. The van der Waals surface area contributed by atoms with Crippen LogP contribution in [0.4, 0.5) is 0 Å². The maximum absolute atomic E-state index is 12.2. The molecule has 0 atom stereocenters. The first-order chi connectivity index (χ1) is 8.08. The molecule has 0 radical (unpaired) electrons. The van der Waals surface area contributed by atoms with Crippen LogP contribution in [0.2, 0.25) is 0 Å². The monoisotopic (exact) mass is 325 g/mol. The number of hydrogen-bond donors (Lipinski definition) is 1. The Hall–Kier alpha value is 0.350. The van der Waals surface area contributed by atoms with Crippen LogP contribution in [0, 0.1) is 0 Å². The van der Waals surface area contributed by atoms with Crippen molar-refractivity contribution in [1.82, 2.24) is 4.72 Å². The molecule has 1 N–H and O–H groups in total. The zero-order valence-corrected chi connectivity index (χ0v) is 12.3. The number of halogens is 1. The highest BCUT2D eigenvalue weighted by atomic mass is 79.9. The fraction of sp³-hybridized carbons (Fsp3) is 1.00. The summed E-state index contributed by atoms with van der Waals surface area (Å²) in [5, 5.41) is -0.252. The zero-order valence-electron chi connectivity index (χ0n) is 9.90. The van der Waals surface area contributed by atoms with Crippen molar-refractivity contribution in [3.8, 4) is 0 Å². The Morgan fingerprint density at radius 1 is 1.00 bits per heavy atom. The Bertz CT molecular complexity index is 333. The fourth-order valence-electron chi connectivity index (χ4n) is 2.49. The normalized spacial score (nSPS) is 32.5. The molecule has 0 spiro atoms. The molecule has 2 rings (SSSR count). The van der Waals surface area contributed by atoms with Crippen molar-refractivity contribution in [3.05, 3.63) is 0 Å². The van der Waals surface area contributed by atoms with Crippen LogP contribution in [-0.4, -0.2) is 37.8 Å². The van der Waals surface area contributed by atoms with Crippen molar-refractivity contribution in [2.24, 2.45) is 0 Å². The molecule has 0 bridgehead atoms. The van der Waals surface area contributed by atoms with E-state index in [9.17, 15) is 8.42 Å². The van der Waals surface area contributed by atoms with Crippen LogP contribution >= 0.6 is 15.9 Å². The number of hydrogen-bond acceptors (Lipinski definition) is 3. The molecule has 0 amide bonds. The smallest absolute Gasteiger partial charge is 0.214 e. The van der Waals surface area contributed by atoms with Crippen molar-refractivity contribution in [2.45, 2.75) is 54.6 Å². The van der Waals surface area contributed by atoms with Crippen LogP contribution in [-0.2, 0) is 14.8 Å². The van der Waals surface area contributed by atoms with Crippen LogP contribution in [0.25, 0.3) is 0 Å². The molecule has 0 unspecified atom stereocenters. The minimum Gasteiger partial charge on any atom is -0.381 e. The second-order valence-corrected chi connectivity index (χ2v) is 8.21. The van der Waals surface area contributed by atoms with Crippen LogP contribution in [0.1, 0.15) is 38.5 Å². The van der Waals surface area contributed by atoms with E-state index in [0.717, 1.165) is 25.7 Å². The molecule has 0 aromatic rings. The lowest BCUT2D eigenvalue weighted by Gasteiger charge is -2.29. The number of alkyl halides is 1. The van der Waals surface area contributed by atoms with Gasteiger partial charge in [0, 0.05) is 24.1 Å². The number of rotatable bonds is 3. The van der Waals surface area contributed by atoms with E-state index in [2.05, 4.69) is 20.7 Å². The van der Waals surface area contributed by atoms with Gasteiger partial charge in [-0.05, 0) is 38.5 Å². The molecule has 0 aromatic carbocycles. The second-order valence-electron chi connectivity index (χ2n) is 4.92. The molecule has 17 heavy (non-hydrogen) atoms. The Balaban J connectivity index is 1.88. The Kier molecular flexibility index (Phi) is 4.86. The molecule has 4 nitrogen and oxygen atoms in total. The Morgan fingerprint density at radius 2 is 1.59 bits per heavy atom. The number of nitrogens with one attached hydrogen (secondary N) is 1. The molecular weight excluding hydrogens is 306 g/mol. The number of ether oxygens (including phenoxy) is 1. The van der Waals surface area contributed by atoms with E-state index in [1.165, 1.54) is 0 Å². The third-order valence-electron chi connectivity index (χ3n) is 3.59. The summed E-state index contributed by atoms with van der Waals surface area (Å²) < 4.78 is 32.4. The van der Waals surface area contributed by atoms with Crippen LogP contribution in [0.15, 0.2) is 0 Å². The van der Waals surface area contributed by atoms with Gasteiger partial charge >= 0.3 is 0 Å².